The summed E-state index contributed by atoms with van der Waals surface area (Å²) in [5.41, 5.74) is 3.09. The predicted octanol–water partition coefficient (Wildman–Crippen LogP) is 3.21. The van der Waals surface area contributed by atoms with Crippen molar-refractivity contribution >= 4 is 17.5 Å². The molecule has 1 aromatic carbocycles. The molecule has 0 bridgehead atoms. The average molecular weight is 395 g/mol. The van der Waals surface area contributed by atoms with Crippen molar-refractivity contribution < 1.29 is 9.32 Å². The number of carbonyl (C=O) groups excluding carboxylic acids is 1. The molecule has 0 radical (unpaired) electrons. The summed E-state index contributed by atoms with van der Waals surface area (Å²) in [7, 11) is 0. The van der Waals surface area contributed by atoms with Gasteiger partial charge in [-0.05, 0) is 42.8 Å². The number of nitrogens with zero attached hydrogens (tertiary/aromatic N) is 5. The topological polar surface area (TPSA) is 98.7 Å². The summed E-state index contributed by atoms with van der Waals surface area (Å²) < 4.78 is 6.81. The first kappa shape index (κ1) is 17.9. The Labute approximate surface area is 165 Å². The molecule has 0 spiro atoms. The lowest BCUT2D eigenvalue weighted by atomic mass is 10.2. The van der Waals surface area contributed by atoms with Crippen LogP contribution < -0.4 is 5.32 Å². The number of pyridine rings is 1. The van der Waals surface area contributed by atoms with Crippen LogP contribution in [-0.4, -0.2) is 30.8 Å². The van der Waals surface area contributed by atoms with Crippen molar-refractivity contribution in [3.8, 4) is 17.1 Å². The molecule has 0 atom stereocenters. The maximum absolute atomic E-state index is 12.2. The molecule has 28 heavy (non-hydrogen) atoms. The standard InChI is InChI=1S/C19H15ClN6O2/c1-12-16(11-26(24-12)15-6-4-14(20)5-7-15)17-23-19(28-25-17)18(27)22-10-13-3-2-8-21-9-13/h2-9,11H,10H2,1H3,(H,22,27). The fourth-order valence-electron chi connectivity index (χ4n) is 2.59. The third kappa shape index (κ3) is 3.77. The van der Waals surface area contributed by atoms with Gasteiger partial charge >= 0.3 is 11.8 Å². The Morgan fingerprint density at radius 1 is 1.25 bits per heavy atom. The molecule has 0 fully saturated rings. The van der Waals surface area contributed by atoms with Crippen LogP contribution in [0.5, 0.6) is 0 Å². The highest BCUT2D eigenvalue weighted by atomic mass is 35.5. The van der Waals surface area contributed by atoms with Crippen LogP contribution in [0.1, 0.15) is 21.9 Å². The zero-order chi connectivity index (χ0) is 19.5. The van der Waals surface area contributed by atoms with Crippen LogP contribution in [0.25, 0.3) is 17.1 Å². The number of aromatic nitrogens is 5. The van der Waals surface area contributed by atoms with Crippen LogP contribution >= 0.6 is 11.6 Å². The Morgan fingerprint density at radius 3 is 2.82 bits per heavy atom. The number of hydrogen-bond donors (Lipinski definition) is 1. The summed E-state index contributed by atoms with van der Waals surface area (Å²) in [6.45, 7) is 2.15. The van der Waals surface area contributed by atoms with Gasteiger partial charge in [0, 0.05) is 30.2 Å². The highest BCUT2D eigenvalue weighted by Crippen LogP contribution is 2.22. The largest absolute Gasteiger partial charge is 0.344 e. The molecule has 8 nitrogen and oxygen atoms in total. The van der Waals surface area contributed by atoms with E-state index in [-0.39, 0.29) is 5.89 Å². The number of rotatable bonds is 5. The summed E-state index contributed by atoms with van der Waals surface area (Å²) in [5, 5.41) is 11.7. The summed E-state index contributed by atoms with van der Waals surface area (Å²) in [5.74, 6) is -0.271. The van der Waals surface area contributed by atoms with Gasteiger partial charge in [0.05, 0.1) is 16.9 Å². The normalized spacial score (nSPS) is 10.8. The molecule has 0 aliphatic carbocycles. The minimum absolute atomic E-state index is 0.113. The summed E-state index contributed by atoms with van der Waals surface area (Å²) >= 11 is 5.93. The van der Waals surface area contributed by atoms with E-state index in [1.165, 1.54) is 0 Å². The first-order chi connectivity index (χ1) is 13.6. The van der Waals surface area contributed by atoms with Crippen molar-refractivity contribution in [2.45, 2.75) is 13.5 Å². The van der Waals surface area contributed by atoms with E-state index in [0.717, 1.165) is 11.3 Å². The van der Waals surface area contributed by atoms with Gasteiger partial charge in [-0.1, -0.05) is 22.8 Å². The predicted molar refractivity (Wildman–Crippen MR) is 102 cm³/mol. The Hall–Kier alpha value is -3.52. The molecule has 1 amide bonds. The van der Waals surface area contributed by atoms with E-state index in [2.05, 4.69) is 25.5 Å². The number of amides is 1. The van der Waals surface area contributed by atoms with E-state index in [1.807, 2.05) is 25.1 Å². The van der Waals surface area contributed by atoms with Gasteiger partial charge < -0.3 is 9.84 Å². The molecule has 0 saturated carbocycles. The zero-order valence-corrected chi connectivity index (χ0v) is 15.6. The Balaban J connectivity index is 1.51. The monoisotopic (exact) mass is 394 g/mol. The molecule has 0 aliphatic heterocycles. The van der Waals surface area contributed by atoms with Gasteiger partial charge in [0.25, 0.3) is 0 Å². The van der Waals surface area contributed by atoms with Gasteiger partial charge in [-0.2, -0.15) is 10.1 Å². The highest BCUT2D eigenvalue weighted by molar-refractivity contribution is 6.30. The minimum atomic E-state index is -0.453. The fraction of sp³-hybridized carbons (Fsp3) is 0.105. The third-order valence-corrected chi connectivity index (χ3v) is 4.28. The summed E-state index contributed by atoms with van der Waals surface area (Å²) in [6, 6.07) is 10.9. The van der Waals surface area contributed by atoms with E-state index >= 15 is 0 Å². The molecule has 4 rings (SSSR count). The molecule has 0 unspecified atom stereocenters. The van der Waals surface area contributed by atoms with Crippen LogP contribution in [0.3, 0.4) is 0 Å². The minimum Gasteiger partial charge on any atom is -0.344 e. The maximum Gasteiger partial charge on any atom is 0.316 e. The smallest absolute Gasteiger partial charge is 0.316 e. The Kier molecular flexibility index (Phi) is 4.86. The lowest BCUT2D eigenvalue weighted by Gasteiger charge is -2.00. The molecule has 3 aromatic heterocycles. The van der Waals surface area contributed by atoms with Crippen molar-refractivity contribution in [2.75, 3.05) is 0 Å². The lowest BCUT2D eigenvalue weighted by Crippen LogP contribution is -2.23. The van der Waals surface area contributed by atoms with E-state index in [1.54, 1.807) is 41.5 Å². The van der Waals surface area contributed by atoms with Gasteiger partial charge in [-0.25, -0.2) is 4.68 Å². The van der Waals surface area contributed by atoms with Crippen molar-refractivity contribution in [3.05, 3.63) is 77.2 Å². The number of carbonyl (C=O) groups is 1. The fourth-order valence-corrected chi connectivity index (χ4v) is 2.72. The van der Waals surface area contributed by atoms with Gasteiger partial charge in [-0.15, -0.1) is 0 Å². The van der Waals surface area contributed by atoms with Crippen LogP contribution in [-0.2, 0) is 6.54 Å². The van der Waals surface area contributed by atoms with E-state index in [0.29, 0.717) is 28.6 Å². The molecule has 9 heteroatoms. The molecular weight excluding hydrogens is 380 g/mol. The summed E-state index contributed by atoms with van der Waals surface area (Å²) in [4.78, 5) is 20.4. The van der Waals surface area contributed by atoms with Gasteiger partial charge in [-0.3, -0.25) is 9.78 Å². The zero-order valence-electron chi connectivity index (χ0n) is 14.8. The third-order valence-electron chi connectivity index (χ3n) is 4.03. The second-order valence-electron chi connectivity index (χ2n) is 6.02. The number of aryl methyl sites for hydroxylation is 1. The number of nitrogens with one attached hydrogen (secondary N) is 1. The summed E-state index contributed by atoms with van der Waals surface area (Å²) in [6.07, 6.45) is 5.12. The molecule has 0 saturated heterocycles. The second-order valence-corrected chi connectivity index (χ2v) is 6.45. The van der Waals surface area contributed by atoms with Gasteiger partial charge in [0.15, 0.2) is 0 Å². The number of benzene rings is 1. The van der Waals surface area contributed by atoms with Crippen molar-refractivity contribution in [3.63, 3.8) is 0 Å². The van der Waals surface area contributed by atoms with Crippen molar-refractivity contribution in [1.29, 1.82) is 0 Å². The van der Waals surface area contributed by atoms with Crippen LogP contribution in [0.2, 0.25) is 5.02 Å². The molecule has 1 N–H and O–H groups in total. The molecule has 140 valence electrons. The Morgan fingerprint density at radius 2 is 2.07 bits per heavy atom. The van der Waals surface area contributed by atoms with Crippen LogP contribution in [0, 0.1) is 6.92 Å². The van der Waals surface area contributed by atoms with E-state index in [9.17, 15) is 4.79 Å². The van der Waals surface area contributed by atoms with E-state index < -0.39 is 5.91 Å². The SMILES string of the molecule is Cc1nn(-c2ccc(Cl)cc2)cc1-c1noc(C(=O)NCc2cccnc2)n1. The average Bonchev–Trinajstić information content (AvgIpc) is 3.34. The Bertz CT molecular complexity index is 1110. The quantitative estimate of drug-likeness (QED) is 0.558. The van der Waals surface area contributed by atoms with Crippen LogP contribution in [0.4, 0.5) is 0 Å². The highest BCUT2D eigenvalue weighted by Gasteiger charge is 2.19. The molecule has 0 aliphatic rings. The first-order valence-electron chi connectivity index (χ1n) is 8.43. The number of hydrogen-bond acceptors (Lipinski definition) is 6. The van der Waals surface area contributed by atoms with Crippen LogP contribution in [0.15, 0.2) is 59.5 Å². The lowest BCUT2D eigenvalue weighted by molar-refractivity contribution is 0.0907. The number of halogens is 1. The van der Waals surface area contributed by atoms with Gasteiger partial charge in [0.2, 0.25) is 5.82 Å². The second kappa shape index (κ2) is 7.61. The maximum atomic E-state index is 12.2. The van der Waals surface area contributed by atoms with Gasteiger partial charge in [0.1, 0.15) is 0 Å². The first-order valence-corrected chi connectivity index (χ1v) is 8.81. The van der Waals surface area contributed by atoms with Crippen molar-refractivity contribution in [1.82, 2.24) is 30.2 Å². The van der Waals surface area contributed by atoms with Crippen molar-refractivity contribution in [2.24, 2.45) is 0 Å². The van der Waals surface area contributed by atoms with E-state index in [4.69, 9.17) is 16.1 Å². The molecule has 3 heterocycles. The molecule has 4 aromatic rings. The molecular formula is C19H15ClN6O2.